The Morgan fingerprint density at radius 1 is 0.906 bits per heavy atom. The minimum absolute atomic E-state index is 0.0720. The lowest BCUT2D eigenvalue weighted by Crippen LogP contribution is -2.30. The van der Waals surface area contributed by atoms with Crippen LogP contribution in [0.2, 0.25) is 0 Å². The summed E-state index contributed by atoms with van der Waals surface area (Å²) in [6.45, 7) is 2.09. The van der Waals surface area contributed by atoms with Gasteiger partial charge in [0.15, 0.2) is 5.11 Å². The van der Waals surface area contributed by atoms with E-state index in [1.54, 1.807) is 7.11 Å². The first-order chi connectivity index (χ1) is 15.7. The van der Waals surface area contributed by atoms with Crippen LogP contribution >= 0.6 is 12.2 Å². The van der Waals surface area contributed by atoms with Crippen LogP contribution < -0.4 is 15.0 Å². The maximum Gasteiger partial charge on any atom is 0.174 e. The highest BCUT2D eigenvalue weighted by Gasteiger charge is 2.42. The van der Waals surface area contributed by atoms with Gasteiger partial charge < -0.3 is 19.5 Å². The van der Waals surface area contributed by atoms with Gasteiger partial charge in [0.2, 0.25) is 0 Å². The van der Waals surface area contributed by atoms with Gasteiger partial charge in [0.05, 0.1) is 18.8 Å². The van der Waals surface area contributed by atoms with Crippen molar-refractivity contribution in [3.8, 4) is 11.4 Å². The summed E-state index contributed by atoms with van der Waals surface area (Å²) in [5, 5.41) is 4.22. The van der Waals surface area contributed by atoms with Crippen molar-refractivity contribution in [1.29, 1.82) is 0 Å². The number of aromatic nitrogens is 2. The highest BCUT2D eigenvalue weighted by molar-refractivity contribution is 7.80. The highest BCUT2D eigenvalue weighted by atomic mass is 32.1. The molecule has 1 aliphatic heterocycles. The molecule has 5 rings (SSSR count). The van der Waals surface area contributed by atoms with Crippen molar-refractivity contribution in [2.45, 2.75) is 19.0 Å². The first kappa shape index (κ1) is 20.3. The van der Waals surface area contributed by atoms with Crippen LogP contribution in [0.15, 0.2) is 91.3 Å². The number of hydrogen-bond acceptors (Lipinski definition) is 3. The number of ether oxygens (including phenoxy) is 1. The quantitative estimate of drug-likeness (QED) is 0.423. The van der Waals surface area contributed by atoms with Crippen molar-refractivity contribution in [3.05, 3.63) is 108 Å². The summed E-state index contributed by atoms with van der Waals surface area (Å²) in [7, 11) is 1.68. The molecular weight excluding hydrogens is 416 g/mol. The van der Waals surface area contributed by atoms with Crippen LogP contribution in [-0.4, -0.2) is 21.8 Å². The van der Waals surface area contributed by atoms with Gasteiger partial charge in [0.25, 0.3) is 0 Å². The van der Waals surface area contributed by atoms with Crippen LogP contribution in [0.1, 0.15) is 29.0 Å². The second-order valence-corrected chi connectivity index (χ2v) is 8.22. The van der Waals surface area contributed by atoms with E-state index >= 15 is 0 Å². The fourth-order valence-corrected chi connectivity index (χ4v) is 4.60. The molecule has 1 aliphatic rings. The Morgan fingerprint density at radius 2 is 1.66 bits per heavy atom. The third kappa shape index (κ3) is 3.63. The molecule has 0 unspecified atom stereocenters. The molecule has 5 nitrogen and oxygen atoms in total. The zero-order chi connectivity index (χ0) is 22.1. The summed E-state index contributed by atoms with van der Waals surface area (Å²) in [6, 6.07) is 26.6. The minimum Gasteiger partial charge on any atom is -0.497 e. The number of methoxy groups -OCH3 is 1. The first-order valence-corrected chi connectivity index (χ1v) is 11.0. The average Bonchev–Trinajstić information content (AvgIpc) is 3.44. The van der Waals surface area contributed by atoms with Crippen molar-refractivity contribution in [2.75, 3.05) is 12.0 Å². The lowest BCUT2D eigenvalue weighted by molar-refractivity contribution is 0.414. The molecule has 6 heteroatoms. The molecule has 0 amide bonds. The van der Waals surface area contributed by atoms with Crippen LogP contribution in [-0.2, 0) is 0 Å². The number of thiocarbonyl (C=S) groups is 1. The summed E-state index contributed by atoms with van der Waals surface area (Å²) in [5.74, 6) is 0.832. The van der Waals surface area contributed by atoms with Crippen LogP contribution in [0.3, 0.4) is 0 Å². The van der Waals surface area contributed by atoms with E-state index in [9.17, 15) is 0 Å². The van der Waals surface area contributed by atoms with Gasteiger partial charge in [-0.3, -0.25) is 4.98 Å². The molecule has 0 radical (unpaired) electrons. The molecule has 2 atom stereocenters. The second-order valence-electron chi connectivity index (χ2n) is 7.83. The maximum absolute atomic E-state index is 5.84. The third-order valence-corrected chi connectivity index (χ3v) is 6.16. The number of rotatable bonds is 5. The molecule has 4 aromatic rings. The Labute approximate surface area is 193 Å². The zero-order valence-corrected chi connectivity index (χ0v) is 18.8. The van der Waals surface area contributed by atoms with Gasteiger partial charge in [0.1, 0.15) is 11.8 Å². The van der Waals surface area contributed by atoms with Crippen LogP contribution in [0.4, 0.5) is 5.69 Å². The Kier molecular flexibility index (Phi) is 5.37. The number of hydrogen-bond donors (Lipinski definition) is 1. The van der Waals surface area contributed by atoms with Crippen molar-refractivity contribution in [2.24, 2.45) is 0 Å². The number of benzene rings is 2. The van der Waals surface area contributed by atoms with Crippen molar-refractivity contribution < 1.29 is 4.74 Å². The molecule has 1 fully saturated rings. The summed E-state index contributed by atoms with van der Waals surface area (Å²) >= 11 is 5.84. The van der Waals surface area contributed by atoms with Gasteiger partial charge in [-0.15, -0.1) is 0 Å². The smallest absolute Gasteiger partial charge is 0.174 e. The molecular formula is C26H24N4OS. The fourth-order valence-electron chi connectivity index (χ4n) is 4.25. The number of aryl methyl sites for hydroxylation is 1. The predicted octanol–water partition coefficient (Wildman–Crippen LogP) is 5.37. The number of nitrogens with zero attached hydrogens (tertiary/aromatic N) is 3. The van der Waals surface area contributed by atoms with Gasteiger partial charge in [-0.2, -0.15) is 0 Å². The first-order valence-electron chi connectivity index (χ1n) is 10.5. The summed E-state index contributed by atoms with van der Waals surface area (Å²) in [6.07, 6.45) is 3.91. The molecule has 0 saturated carbocycles. The normalized spacial score (nSPS) is 17.9. The lowest BCUT2D eigenvalue weighted by Gasteiger charge is -2.29. The number of anilines is 1. The lowest BCUT2D eigenvalue weighted by atomic mass is 10.0. The molecule has 2 aromatic heterocycles. The van der Waals surface area contributed by atoms with Crippen LogP contribution in [0.5, 0.6) is 5.75 Å². The third-order valence-electron chi connectivity index (χ3n) is 5.84. The van der Waals surface area contributed by atoms with E-state index in [0.717, 1.165) is 28.5 Å². The highest BCUT2D eigenvalue weighted by Crippen LogP contribution is 2.42. The number of pyridine rings is 1. The van der Waals surface area contributed by atoms with Gasteiger partial charge >= 0.3 is 0 Å². The average molecular weight is 441 g/mol. The zero-order valence-electron chi connectivity index (χ0n) is 18.0. The molecule has 3 heterocycles. The van der Waals surface area contributed by atoms with Gasteiger partial charge in [-0.1, -0.05) is 23.8 Å². The van der Waals surface area contributed by atoms with Crippen LogP contribution in [0, 0.1) is 6.92 Å². The van der Waals surface area contributed by atoms with Crippen molar-refractivity contribution in [3.63, 3.8) is 0 Å². The SMILES string of the molecule is COc1ccc(-n2cccc2[C@H]2[C@@H](c3ccccn3)NC(=S)N2c2ccc(C)cc2)cc1. The van der Waals surface area contributed by atoms with Crippen LogP contribution in [0.25, 0.3) is 5.69 Å². The van der Waals surface area contributed by atoms with Gasteiger partial charge in [-0.25, -0.2) is 0 Å². The second kappa shape index (κ2) is 8.48. The Balaban J connectivity index is 1.64. The van der Waals surface area contributed by atoms with E-state index in [2.05, 4.69) is 81.4 Å². The number of nitrogens with one attached hydrogen (secondary N) is 1. The van der Waals surface area contributed by atoms with E-state index < -0.39 is 0 Å². The topological polar surface area (TPSA) is 42.3 Å². The minimum atomic E-state index is -0.0862. The molecule has 32 heavy (non-hydrogen) atoms. The van der Waals surface area contributed by atoms with Crippen molar-refractivity contribution in [1.82, 2.24) is 14.9 Å². The molecule has 2 aromatic carbocycles. The standard InChI is InChI=1S/C26H24N4OS/c1-18-8-10-20(11-9-18)30-25(24(28-26(30)32)22-6-3-4-16-27-22)23-7-5-17-29(23)19-12-14-21(31-2)15-13-19/h3-17,24-25H,1-2H3,(H,28,32)/t24-,25+/m1/s1. The van der Waals surface area contributed by atoms with E-state index in [-0.39, 0.29) is 12.1 Å². The Hall–Kier alpha value is -3.64. The van der Waals surface area contributed by atoms with E-state index in [0.29, 0.717) is 5.11 Å². The van der Waals surface area contributed by atoms with Gasteiger partial charge in [-0.05, 0) is 79.8 Å². The van der Waals surface area contributed by atoms with E-state index in [1.807, 2.05) is 36.5 Å². The molecule has 0 spiro atoms. The molecule has 0 bridgehead atoms. The fraction of sp³-hybridized carbons (Fsp3) is 0.154. The van der Waals surface area contributed by atoms with E-state index in [1.165, 1.54) is 5.56 Å². The van der Waals surface area contributed by atoms with E-state index in [4.69, 9.17) is 17.0 Å². The monoisotopic (exact) mass is 440 g/mol. The van der Waals surface area contributed by atoms with Gasteiger partial charge in [0, 0.05) is 29.5 Å². The Morgan fingerprint density at radius 3 is 2.34 bits per heavy atom. The maximum atomic E-state index is 5.84. The predicted molar refractivity (Wildman–Crippen MR) is 131 cm³/mol. The summed E-state index contributed by atoms with van der Waals surface area (Å²) in [5.41, 5.74) is 5.41. The van der Waals surface area contributed by atoms with Crippen molar-refractivity contribution >= 4 is 23.0 Å². The summed E-state index contributed by atoms with van der Waals surface area (Å²) < 4.78 is 7.54. The summed E-state index contributed by atoms with van der Waals surface area (Å²) in [4.78, 5) is 6.85. The molecule has 1 saturated heterocycles. The Bertz CT molecular complexity index is 1220. The molecule has 160 valence electrons. The largest absolute Gasteiger partial charge is 0.497 e. The molecule has 0 aliphatic carbocycles. The molecule has 1 N–H and O–H groups in total.